The third-order valence-corrected chi connectivity index (χ3v) is 7.67. The molecule has 2 heterocycles. The lowest BCUT2D eigenvalue weighted by molar-refractivity contribution is 0.0772. The zero-order chi connectivity index (χ0) is 19.5. The van der Waals surface area contributed by atoms with Crippen molar-refractivity contribution in [1.82, 2.24) is 4.90 Å². The molecule has 1 aromatic carbocycles. The maximum Gasteiger partial charge on any atom is 0.265 e. The number of nitrogens with one attached hydrogen (secondary N) is 1. The van der Waals surface area contributed by atoms with Crippen molar-refractivity contribution in [3.05, 3.63) is 50.7 Å². The minimum Gasteiger partial charge on any atom is -0.337 e. The standard InChI is InChI=1S/C22H26N2O2S2/c1-15-13-17(22(26)24-9-11-27-12-10-24)7-8-18(15)23-21(25)20-14-16-5-3-2-4-6-19(16)28-20/h7-8,13-14H,2-6,9-12H2,1H3,(H,23,25). The predicted molar refractivity (Wildman–Crippen MR) is 118 cm³/mol. The van der Waals surface area contributed by atoms with Gasteiger partial charge in [-0.15, -0.1) is 11.3 Å². The Labute approximate surface area is 174 Å². The highest BCUT2D eigenvalue weighted by atomic mass is 32.2. The second-order valence-corrected chi connectivity index (χ2v) is 9.87. The molecule has 1 aliphatic carbocycles. The zero-order valence-electron chi connectivity index (χ0n) is 16.3. The number of amides is 2. The average Bonchev–Trinajstić information content (AvgIpc) is 3.00. The summed E-state index contributed by atoms with van der Waals surface area (Å²) >= 11 is 3.53. The monoisotopic (exact) mass is 414 g/mol. The Morgan fingerprint density at radius 2 is 1.82 bits per heavy atom. The molecule has 0 spiro atoms. The van der Waals surface area contributed by atoms with Gasteiger partial charge in [0.05, 0.1) is 4.88 Å². The van der Waals surface area contributed by atoms with E-state index >= 15 is 0 Å². The lowest BCUT2D eigenvalue weighted by Gasteiger charge is -2.26. The van der Waals surface area contributed by atoms with Gasteiger partial charge in [0, 0.05) is 40.7 Å². The molecule has 148 valence electrons. The van der Waals surface area contributed by atoms with E-state index in [9.17, 15) is 9.59 Å². The Balaban J connectivity index is 1.46. The van der Waals surface area contributed by atoms with Crippen molar-refractivity contribution in [1.29, 1.82) is 0 Å². The van der Waals surface area contributed by atoms with Crippen LogP contribution in [0.25, 0.3) is 0 Å². The first-order valence-electron chi connectivity index (χ1n) is 10.0. The molecule has 0 bridgehead atoms. The number of carbonyl (C=O) groups is 2. The van der Waals surface area contributed by atoms with Crippen molar-refractivity contribution >= 4 is 40.6 Å². The molecule has 28 heavy (non-hydrogen) atoms. The smallest absolute Gasteiger partial charge is 0.265 e. The van der Waals surface area contributed by atoms with Gasteiger partial charge in [-0.3, -0.25) is 9.59 Å². The van der Waals surface area contributed by atoms with E-state index in [2.05, 4.69) is 11.4 Å². The maximum atomic E-state index is 12.8. The van der Waals surface area contributed by atoms with Gasteiger partial charge in [0.25, 0.3) is 11.8 Å². The molecule has 4 nitrogen and oxygen atoms in total. The number of carbonyl (C=O) groups excluding carboxylic acids is 2. The van der Waals surface area contributed by atoms with Crippen molar-refractivity contribution in [3.63, 3.8) is 0 Å². The molecule has 6 heteroatoms. The number of benzene rings is 1. The predicted octanol–water partition coefficient (Wildman–Crippen LogP) is 4.77. The molecule has 2 amide bonds. The Bertz CT molecular complexity index is 861. The number of rotatable bonds is 3. The van der Waals surface area contributed by atoms with Crippen LogP contribution in [0.2, 0.25) is 0 Å². The quantitative estimate of drug-likeness (QED) is 0.736. The summed E-state index contributed by atoms with van der Waals surface area (Å²) < 4.78 is 0. The number of nitrogens with zero attached hydrogens (tertiary/aromatic N) is 1. The lowest BCUT2D eigenvalue weighted by atomic mass is 10.1. The molecule has 0 radical (unpaired) electrons. The molecule has 1 N–H and O–H groups in total. The number of anilines is 1. The average molecular weight is 415 g/mol. The summed E-state index contributed by atoms with van der Waals surface area (Å²) in [6, 6.07) is 7.65. The van der Waals surface area contributed by atoms with E-state index < -0.39 is 0 Å². The van der Waals surface area contributed by atoms with Crippen molar-refractivity contribution in [2.75, 3.05) is 29.9 Å². The van der Waals surface area contributed by atoms with Gasteiger partial charge in [0.1, 0.15) is 0 Å². The SMILES string of the molecule is Cc1cc(C(=O)N2CCSCC2)ccc1NC(=O)c1cc2c(s1)CCCCC2. The fraction of sp³-hybridized carbons (Fsp3) is 0.455. The molecular formula is C22H26N2O2S2. The molecule has 4 rings (SSSR count). The summed E-state index contributed by atoms with van der Waals surface area (Å²) in [5.74, 6) is 2.05. The number of hydrogen-bond donors (Lipinski definition) is 1. The topological polar surface area (TPSA) is 49.4 Å². The molecule has 1 fully saturated rings. The van der Waals surface area contributed by atoms with Gasteiger partial charge in [-0.1, -0.05) is 6.42 Å². The first-order valence-corrected chi connectivity index (χ1v) is 12.0. The van der Waals surface area contributed by atoms with Gasteiger partial charge < -0.3 is 10.2 Å². The van der Waals surface area contributed by atoms with Gasteiger partial charge in [0.15, 0.2) is 0 Å². The number of aryl methyl sites for hydroxylation is 3. The van der Waals surface area contributed by atoms with Gasteiger partial charge in [-0.2, -0.15) is 11.8 Å². The summed E-state index contributed by atoms with van der Waals surface area (Å²) in [5.41, 5.74) is 3.75. The van der Waals surface area contributed by atoms with Gasteiger partial charge in [-0.25, -0.2) is 0 Å². The normalized spacial score (nSPS) is 17.0. The van der Waals surface area contributed by atoms with Crippen molar-refractivity contribution in [2.45, 2.75) is 39.0 Å². The van der Waals surface area contributed by atoms with E-state index in [-0.39, 0.29) is 11.8 Å². The Kier molecular flexibility index (Phi) is 6.07. The van der Waals surface area contributed by atoms with Crippen molar-refractivity contribution < 1.29 is 9.59 Å². The Morgan fingerprint density at radius 3 is 2.61 bits per heavy atom. The van der Waals surface area contributed by atoms with Crippen LogP contribution in [0.15, 0.2) is 24.3 Å². The van der Waals surface area contributed by atoms with Crippen molar-refractivity contribution in [2.24, 2.45) is 0 Å². The Hall–Kier alpha value is -1.79. The van der Waals surface area contributed by atoms with E-state index in [1.165, 1.54) is 29.7 Å². The summed E-state index contributed by atoms with van der Waals surface area (Å²) in [4.78, 5) is 29.5. The highest BCUT2D eigenvalue weighted by Crippen LogP contribution is 2.30. The van der Waals surface area contributed by atoms with Crippen LogP contribution in [0.3, 0.4) is 0 Å². The van der Waals surface area contributed by atoms with Crippen LogP contribution >= 0.6 is 23.1 Å². The van der Waals surface area contributed by atoms with Crippen molar-refractivity contribution in [3.8, 4) is 0 Å². The van der Waals surface area contributed by atoms with Crippen LogP contribution in [0.5, 0.6) is 0 Å². The summed E-state index contributed by atoms with van der Waals surface area (Å²) in [6.07, 6.45) is 5.90. The number of thioether (sulfide) groups is 1. The molecular weight excluding hydrogens is 388 g/mol. The summed E-state index contributed by atoms with van der Waals surface area (Å²) in [5, 5.41) is 3.04. The lowest BCUT2D eigenvalue weighted by Crippen LogP contribution is -2.37. The molecule has 2 aliphatic rings. The second kappa shape index (κ2) is 8.70. The zero-order valence-corrected chi connectivity index (χ0v) is 17.9. The van der Waals surface area contributed by atoms with Crippen LogP contribution in [-0.4, -0.2) is 41.3 Å². The Morgan fingerprint density at radius 1 is 1.04 bits per heavy atom. The molecule has 1 saturated heterocycles. The van der Waals surface area contributed by atoms with Gasteiger partial charge in [0.2, 0.25) is 0 Å². The molecule has 0 unspecified atom stereocenters. The highest BCUT2D eigenvalue weighted by molar-refractivity contribution is 7.99. The second-order valence-electron chi connectivity index (χ2n) is 7.51. The van der Waals surface area contributed by atoms with E-state index in [1.807, 2.05) is 41.8 Å². The van der Waals surface area contributed by atoms with Gasteiger partial charge >= 0.3 is 0 Å². The van der Waals surface area contributed by atoms with E-state index in [0.29, 0.717) is 5.56 Å². The van der Waals surface area contributed by atoms with Crippen LogP contribution < -0.4 is 5.32 Å². The van der Waals surface area contributed by atoms with Gasteiger partial charge in [-0.05, 0) is 68.0 Å². The molecule has 0 saturated carbocycles. The van der Waals surface area contributed by atoms with Crippen LogP contribution in [0.1, 0.15) is 55.3 Å². The minimum atomic E-state index is -0.0479. The fourth-order valence-corrected chi connectivity index (χ4v) is 5.90. The number of hydrogen-bond acceptors (Lipinski definition) is 4. The summed E-state index contributed by atoms with van der Waals surface area (Å²) in [6.45, 7) is 3.57. The van der Waals surface area contributed by atoms with E-state index in [1.54, 1.807) is 11.3 Å². The van der Waals surface area contributed by atoms with Crippen LogP contribution in [0, 0.1) is 6.92 Å². The number of thiophene rings is 1. The maximum absolute atomic E-state index is 12.8. The fourth-order valence-electron chi connectivity index (χ4n) is 3.85. The van der Waals surface area contributed by atoms with Crippen LogP contribution in [-0.2, 0) is 12.8 Å². The first-order chi connectivity index (χ1) is 13.6. The highest BCUT2D eigenvalue weighted by Gasteiger charge is 2.20. The molecule has 0 atom stereocenters. The number of fused-ring (bicyclic) bond motifs is 1. The van der Waals surface area contributed by atoms with E-state index in [4.69, 9.17) is 0 Å². The summed E-state index contributed by atoms with van der Waals surface area (Å²) in [7, 11) is 0. The minimum absolute atomic E-state index is 0.0479. The van der Waals surface area contributed by atoms with E-state index in [0.717, 1.165) is 53.6 Å². The third-order valence-electron chi connectivity index (χ3n) is 5.49. The molecule has 1 aliphatic heterocycles. The molecule has 1 aromatic heterocycles. The van der Waals surface area contributed by atoms with Crippen LogP contribution in [0.4, 0.5) is 5.69 Å². The third kappa shape index (κ3) is 4.28. The first kappa shape index (κ1) is 19.5. The largest absolute Gasteiger partial charge is 0.337 e. The molecule has 2 aromatic rings.